The van der Waals surface area contributed by atoms with E-state index >= 15 is 0 Å². The fourth-order valence-corrected chi connectivity index (χ4v) is 1.27. The Morgan fingerprint density at radius 1 is 1.56 bits per heavy atom. The molecule has 5 nitrogen and oxygen atoms in total. The molecule has 5 heteroatoms. The predicted molar refractivity (Wildman–Crippen MR) is 60.4 cm³/mol. The number of aromatic nitrogens is 1. The predicted octanol–water partition coefficient (Wildman–Crippen LogP) is 0.875. The van der Waals surface area contributed by atoms with E-state index < -0.39 is 11.9 Å². The largest absolute Gasteiger partial charge is 0.368 e. The Hall–Kier alpha value is -2.09. The number of pyridine rings is 1. The second-order valence-electron chi connectivity index (χ2n) is 3.81. The molecule has 1 heterocycles. The van der Waals surface area contributed by atoms with Crippen molar-refractivity contribution >= 4 is 11.7 Å². The fourth-order valence-electron chi connectivity index (χ4n) is 1.27. The number of carbonyl (C=O) groups excluding carboxylic acids is 1. The van der Waals surface area contributed by atoms with Crippen LogP contribution in [0.5, 0.6) is 0 Å². The summed E-state index contributed by atoms with van der Waals surface area (Å²) in [7, 11) is 0. The molecule has 1 amide bonds. The van der Waals surface area contributed by atoms with Gasteiger partial charge in [0.2, 0.25) is 5.91 Å². The van der Waals surface area contributed by atoms with Crippen molar-refractivity contribution in [2.24, 2.45) is 11.7 Å². The van der Waals surface area contributed by atoms with Crippen LogP contribution >= 0.6 is 0 Å². The number of hydrogen-bond donors (Lipinski definition) is 2. The molecular weight excluding hydrogens is 204 g/mol. The number of rotatable bonds is 4. The molecule has 1 atom stereocenters. The molecule has 0 unspecified atom stereocenters. The van der Waals surface area contributed by atoms with E-state index in [4.69, 9.17) is 11.0 Å². The number of carbonyl (C=O) groups is 1. The van der Waals surface area contributed by atoms with Crippen LogP contribution in [0.15, 0.2) is 18.3 Å². The van der Waals surface area contributed by atoms with Crippen LogP contribution in [-0.4, -0.2) is 16.9 Å². The van der Waals surface area contributed by atoms with Crippen LogP contribution < -0.4 is 11.1 Å². The van der Waals surface area contributed by atoms with E-state index in [1.807, 2.05) is 19.9 Å². The summed E-state index contributed by atoms with van der Waals surface area (Å²) in [6, 6.07) is 4.80. The smallest absolute Gasteiger partial charge is 0.240 e. The second-order valence-corrected chi connectivity index (χ2v) is 3.81. The zero-order chi connectivity index (χ0) is 12.1. The molecule has 16 heavy (non-hydrogen) atoms. The Labute approximate surface area is 94.3 Å². The minimum atomic E-state index is -0.458. The zero-order valence-corrected chi connectivity index (χ0v) is 9.27. The zero-order valence-electron chi connectivity index (χ0n) is 9.27. The van der Waals surface area contributed by atoms with Gasteiger partial charge in [0.25, 0.3) is 0 Å². The summed E-state index contributed by atoms with van der Waals surface area (Å²) in [5, 5.41) is 11.5. The lowest BCUT2D eigenvalue weighted by atomic mass is 10.0. The Morgan fingerprint density at radius 2 is 2.25 bits per heavy atom. The van der Waals surface area contributed by atoms with E-state index in [1.54, 1.807) is 12.1 Å². The van der Waals surface area contributed by atoms with Crippen molar-refractivity contribution in [1.82, 2.24) is 4.98 Å². The van der Waals surface area contributed by atoms with Crippen molar-refractivity contribution in [3.63, 3.8) is 0 Å². The summed E-state index contributed by atoms with van der Waals surface area (Å²) >= 11 is 0. The van der Waals surface area contributed by atoms with E-state index in [0.29, 0.717) is 11.4 Å². The van der Waals surface area contributed by atoms with Crippen LogP contribution in [0.4, 0.5) is 5.82 Å². The first-order chi connectivity index (χ1) is 7.54. The van der Waals surface area contributed by atoms with E-state index in [9.17, 15) is 4.79 Å². The van der Waals surface area contributed by atoms with Gasteiger partial charge in [-0.05, 0) is 18.1 Å². The van der Waals surface area contributed by atoms with Gasteiger partial charge in [0.15, 0.2) is 0 Å². The topological polar surface area (TPSA) is 91.8 Å². The van der Waals surface area contributed by atoms with Gasteiger partial charge in [-0.15, -0.1) is 0 Å². The fraction of sp³-hybridized carbons (Fsp3) is 0.364. The van der Waals surface area contributed by atoms with Gasteiger partial charge in [-0.1, -0.05) is 13.8 Å². The molecule has 1 aromatic rings. The van der Waals surface area contributed by atoms with Gasteiger partial charge in [-0.3, -0.25) is 4.79 Å². The third kappa shape index (κ3) is 2.95. The highest BCUT2D eigenvalue weighted by molar-refractivity contribution is 5.82. The summed E-state index contributed by atoms with van der Waals surface area (Å²) < 4.78 is 0. The van der Waals surface area contributed by atoms with E-state index in [0.717, 1.165) is 0 Å². The monoisotopic (exact) mass is 218 g/mol. The summed E-state index contributed by atoms with van der Waals surface area (Å²) in [5.74, 6) is 0.201. The maximum Gasteiger partial charge on any atom is 0.240 e. The molecule has 0 aliphatic rings. The molecule has 0 saturated carbocycles. The molecule has 0 fully saturated rings. The third-order valence-corrected chi connectivity index (χ3v) is 2.17. The molecule has 0 aliphatic carbocycles. The number of nitrogens with zero attached hydrogens (tertiary/aromatic N) is 2. The maximum absolute atomic E-state index is 11.1. The Morgan fingerprint density at radius 3 is 2.62 bits per heavy atom. The van der Waals surface area contributed by atoms with Crippen molar-refractivity contribution in [2.75, 3.05) is 5.32 Å². The maximum atomic E-state index is 11.1. The van der Waals surface area contributed by atoms with Crippen LogP contribution in [0.3, 0.4) is 0 Å². The normalized spacial score (nSPS) is 11.9. The molecule has 0 saturated heterocycles. The van der Waals surface area contributed by atoms with Crippen molar-refractivity contribution in [3.8, 4) is 6.07 Å². The van der Waals surface area contributed by atoms with Gasteiger partial charge in [-0.2, -0.15) is 5.26 Å². The average Bonchev–Trinajstić information content (AvgIpc) is 2.25. The lowest BCUT2D eigenvalue weighted by Gasteiger charge is -2.19. The number of nitriles is 1. The highest BCUT2D eigenvalue weighted by Gasteiger charge is 2.19. The molecule has 1 aromatic heterocycles. The first-order valence-corrected chi connectivity index (χ1v) is 4.96. The summed E-state index contributed by atoms with van der Waals surface area (Å²) in [5.41, 5.74) is 5.74. The number of nitrogens with one attached hydrogen (secondary N) is 1. The summed E-state index contributed by atoms with van der Waals surface area (Å²) in [6.45, 7) is 3.79. The molecular formula is C11H14N4O. The third-order valence-electron chi connectivity index (χ3n) is 2.17. The number of hydrogen-bond acceptors (Lipinski definition) is 4. The molecule has 1 rings (SSSR count). The molecule has 0 radical (unpaired) electrons. The molecule has 84 valence electrons. The van der Waals surface area contributed by atoms with Crippen molar-refractivity contribution in [1.29, 1.82) is 5.26 Å². The van der Waals surface area contributed by atoms with Gasteiger partial charge >= 0.3 is 0 Å². The van der Waals surface area contributed by atoms with Gasteiger partial charge in [0, 0.05) is 6.20 Å². The minimum Gasteiger partial charge on any atom is -0.368 e. The Balaban J connectivity index is 2.78. The number of nitrogens with two attached hydrogens (primary N) is 1. The van der Waals surface area contributed by atoms with Crippen molar-refractivity contribution in [2.45, 2.75) is 19.9 Å². The van der Waals surface area contributed by atoms with Gasteiger partial charge < -0.3 is 11.1 Å². The van der Waals surface area contributed by atoms with Crippen molar-refractivity contribution < 1.29 is 4.79 Å². The minimum absolute atomic E-state index is 0.0787. The first-order valence-electron chi connectivity index (χ1n) is 4.96. The molecule has 0 spiro atoms. The lowest BCUT2D eigenvalue weighted by Crippen LogP contribution is -2.39. The van der Waals surface area contributed by atoms with Crippen LogP contribution in [0, 0.1) is 17.2 Å². The number of amides is 1. The van der Waals surface area contributed by atoms with Crippen LogP contribution in [0.25, 0.3) is 0 Å². The van der Waals surface area contributed by atoms with Crippen LogP contribution in [0.1, 0.15) is 19.4 Å². The average molecular weight is 218 g/mol. The van der Waals surface area contributed by atoms with Gasteiger partial charge in [0.05, 0.1) is 5.56 Å². The van der Waals surface area contributed by atoms with E-state index in [1.165, 1.54) is 6.20 Å². The molecule has 3 N–H and O–H groups in total. The highest BCUT2D eigenvalue weighted by atomic mass is 16.1. The lowest BCUT2D eigenvalue weighted by molar-refractivity contribution is -0.119. The highest BCUT2D eigenvalue weighted by Crippen LogP contribution is 2.10. The van der Waals surface area contributed by atoms with Crippen LogP contribution in [0.2, 0.25) is 0 Å². The van der Waals surface area contributed by atoms with E-state index in [2.05, 4.69) is 10.3 Å². The quantitative estimate of drug-likeness (QED) is 0.784. The SMILES string of the molecule is CC(C)[C@H](Nc1ccc(C#N)cn1)C(N)=O. The van der Waals surface area contributed by atoms with Crippen molar-refractivity contribution in [3.05, 3.63) is 23.9 Å². The molecule has 0 aliphatic heterocycles. The number of anilines is 1. The molecule has 0 aromatic carbocycles. The van der Waals surface area contributed by atoms with E-state index in [-0.39, 0.29) is 5.92 Å². The second kappa shape index (κ2) is 5.12. The Bertz CT molecular complexity index is 405. The van der Waals surface area contributed by atoms with Gasteiger partial charge in [-0.25, -0.2) is 4.98 Å². The summed E-state index contributed by atoms with van der Waals surface area (Å²) in [6.07, 6.45) is 1.45. The van der Waals surface area contributed by atoms with Gasteiger partial charge in [0.1, 0.15) is 17.9 Å². The summed E-state index contributed by atoms with van der Waals surface area (Å²) in [4.78, 5) is 15.2. The number of primary amides is 1. The first kappa shape index (κ1) is 12.0. The van der Waals surface area contributed by atoms with Crippen LogP contribution in [-0.2, 0) is 4.79 Å². The Kier molecular flexibility index (Phi) is 3.84. The molecule has 0 bridgehead atoms. The standard InChI is InChI=1S/C11H14N4O/c1-7(2)10(11(13)16)15-9-4-3-8(5-12)6-14-9/h3-4,6-7,10H,1-2H3,(H2,13,16)(H,14,15)/t10-/m0/s1.